The summed E-state index contributed by atoms with van der Waals surface area (Å²) in [5.41, 5.74) is 1.27. The summed E-state index contributed by atoms with van der Waals surface area (Å²) in [6.45, 7) is 12.1. The van der Waals surface area contributed by atoms with E-state index in [1.54, 1.807) is 17.7 Å². The van der Waals surface area contributed by atoms with Gasteiger partial charge in [0.15, 0.2) is 0 Å². The molecule has 0 saturated heterocycles. The monoisotopic (exact) mass is 293 g/mol. The second kappa shape index (κ2) is 6.50. The Kier molecular flexibility index (Phi) is 4.94. The Hall–Kier alpha value is -1.20. The van der Waals surface area contributed by atoms with Crippen LogP contribution in [0.1, 0.15) is 31.2 Å². The number of hydrogen-bond donors (Lipinski definition) is 1. The summed E-state index contributed by atoms with van der Waals surface area (Å²) >= 11 is 1.72. The van der Waals surface area contributed by atoms with Gasteiger partial charge in [0.25, 0.3) is 0 Å². The highest BCUT2D eigenvalue weighted by Crippen LogP contribution is 2.33. The largest absolute Gasteiger partial charge is 0.380 e. The van der Waals surface area contributed by atoms with E-state index in [1.807, 2.05) is 6.92 Å². The summed E-state index contributed by atoms with van der Waals surface area (Å²) in [4.78, 5) is 11.2. The highest BCUT2D eigenvalue weighted by Gasteiger charge is 2.18. The third-order valence-corrected chi connectivity index (χ3v) is 4.71. The molecule has 0 aromatic carbocycles. The number of thiophene rings is 1. The summed E-state index contributed by atoms with van der Waals surface area (Å²) in [5.74, 6) is 1.40. The van der Waals surface area contributed by atoms with Gasteiger partial charge in [0.2, 0.25) is 0 Å². The fraction of sp³-hybridized carbons (Fsp3) is 0.600. The maximum Gasteiger partial charge on any atom is 0.138 e. The topological polar surface area (TPSA) is 47.0 Å². The quantitative estimate of drug-likeness (QED) is 0.880. The number of ether oxygens (including phenoxy) is 1. The molecular weight excluding hydrogens is 270 g/mol. The fourth-order valence-corrected chi connectivity index (χ4v) is 3.11. The predicted octanol–water partition coefficient (Wildman–Crippen LogP) is 3.78. The molecule has 0 aliphatic rings. The maximum absolute atomic E-state index is 5.57. The van der Waals surface area contributed by atoms with Crippen LogP contribution in [0.4, 0.5) is 5.82 Å². The second-order valence-electron chi connectivity index (χ2n) is 5.34. The van der Waals surface area contributed by atoms with E-state index in [4.69, 9.17) is 4.74 Å². The van der Waals surface area contributed by atoms with Gasteiger partial charge in [-0.2, -0.15) is 0 Å². The molecule has 5 heteroatoms. The molecule has 1 atom stereocenters. The average molecular weight is 293 g/mol. The minimum Gasteiger partial charge on any atom is -0.380 e. The smallest absolute Gasteiger partial charge is 0.138 e. The molecule has 0 aliphatic carbocycles. The van der Waals surface area contributed by atoms with E-state index in [9.17, 15) is 0 Å². The van der Waals surface area contributed by atoms with Crippen molar-refractivity contribution in [3.05, 3.63) is 16.8 Å². The molecule has 2 aromatic heterocycles. The molecule has 2 heterocycles. The molecule has 0 bridgehead atoms. The number of anilines is 1. The first-order valence-electron chi connectivity index (χ1n) is 7.09. The van der Waals surface area contributed by atoms with Crippen LogP contribution in [0.5, 0.6) is 0 Å². The van der Waals surface area contributed by atoms with Crippen molar-refractivity contribution in [3.8, 4) is 0 Å². The van der Waals surface area contributed by atoms with E-state index in [0.717, 1.165) is 22.6 Å². The molecule has 0 fully saturated rings. The Morgan fingerprint density at radius 3 is 2.70 bits per heavy atom. The second-order valence-corrected chi connectivity index (χ2v) is 6.54. The van der Waals surface area contributed by atoms with Gasteiger partial charge >= 0.3 is 0 Å². The molecule has 20 heavy (non-hydrogen) atoms. The van der Waals surface area contributed by atoms with Crippen LogP contribution in [0, 0.1) is 19.8 Å². The van der Waals surface area contributed by atoms with Gasteiger partial charge in [0.1, 0.15) is 17.0 Å². The van der Waals surface area contributed by atoms with Gasteiger partial charge in [-0.05, 0) is 32.3 Å². The zero-order valence-corrected chi connectivity index (χ0v) is 13.7. The molecule has 2 rings (SSSR count). The lowest BCUT2D eigenvalue weighted by Crippen LogP contribution is -2.31. The van der Waals surface area contributed by atoms with Crippen molar-refractivity contribution in [1.29, 1.82) is 0 Å². The molecule has 1 N–H and O–H groups in total. The first-order chi connectivity index (χ1) is 9.54. The molecule has 0 aliphatic heterocycles. The van der Waals surface area contributed by atoms with Gasteiger partial charge in [-0.15, -0.1) is 11.3 Å². The summed E-state index contributed by atoms with van der Waals surface area (Å²) in [6, 6.07) is 0.257. The van der Waals surface area contributed by atoms with E-state index in [-0.39, 0.29) is 6.04 Å². The van der Waals surface area contributed by atoms with E-state index in [0.29, 0.717) is 12.5 Å². The molecule has 0 spiro atoms. The van der Waals surface area contributed by atoms with Crippen LogP contribution in [0.2, 0.25) is 0 Å². The molecule has 110 valence electrons. The van der Waals surface area contributed by atoms with Crippen molar-refractivity contribution >= 4 is 27.4 Å². The third kappa shape index (κ3) is 3.10. The molecule has 0 amide bonds. The average Bonchev–Trinajstić information content (AvgIpc) is 2.70. The lowest BCUT2D eigenvalue weighted by molar-refractivity contribution is 0.126. The van der Waals surface area contributed by atoms with Crippen molar-refractivity contribution in [2.45, 2.75) is 40.7 Å². The Balaban J connectivity index is 2.32. The van der Waals surface area contributed by atoms with E-state index in [1.165, 1.54) is 10.4 Å². The number of aryl methyl sites for hydroxylation is 2. The summed E-state index contributed by atoms with van der Waals surface area (Å²) < 4.78 is 5.57. The minimum atomic E-state index is 0.257. The molecular formula is C15H23N3OS. The number of fused-ring (bicyclic) bond motifs is 1. The first kappa shape index (κ1) is 15.2. The highest BCUT2D eigenvalue weighted by molar-refractivity contribution is 7.18. The van der Waals surface area contributed by atoms with E-state index in [2.05, 4.69) is 43.0 Å². The predicted molar refractivity (Wildman–Crippen MR) is 85.6 cm³/mol. The molecule has 0 saturated carbocycles. The molecule has 4 nitrogen and oxygen atoms in total. The van der Waals surface area contributed by atoms with Crippen LogP contribution in [0.25, 0.3) is 10.2 Å². The number of nitrogens with zero attached hydrogens (tertiary/aromatic N) is 2. The Labute approximate surface area is 124 Å². The third-order valence-electron chi connectivity index (χ3n) is 3.59. The normalized spacial score (nSPS) is 13.1. The fourth-order valence-electron chi connectivity index (χ4n) is 2.11. The summed E-state index contributed by atoms with van der Waals surface area (Å²) in [7, 11) is 0. The lowest BCUT2D eigenvalue weighted by atomic mass is 10.1. The van der Waals surface area contributed by atoms with Gasteiger partial charge in [0.05, 0.1) is 18.0 Å². The Bertz CT molecular complexity index is 580. The zero-order chi connectivity index (χ0) is 14.7. The number of hydrogen-bond acceptors (Lipinski definition) is 5. The zero-order valence-electron chi connectivity index (χ0n) is 12.9. The SMILES string of the molecule is CCOCC(Nc1ncnc2sc(C)c(C)c12)C(C)C. The Morgan fingerprint density at radius 1 is 1.30 bits per heavy atom. The van der Waals surface area contributed by atoms with Gasteiger partial charge in [-0.1, -0.05) is 13.8 Å². The first-order valence-corrected chi connectivity index (χ1v) is 7.91. The highest BCUT2D eigenvalue weighted by atomic mass is 32.1. The van der Waals surface area contributed by atoms with Crippen LogP contribution in [0.15, 0.2) is 6.33 Å². The van der Waals surface area contributed by atoms with Gasteiger partial charge in [0, 0.05) is 11.5 Å². The van der Waals surface area contributed by atoms with Crippen molar-refractivity contribution in [2.24, 2.45) is 5.92 Å². The number of aromatic nitrogens is 2. The van der Waals surface area contributed by atoms with Crippen molar-refractivity contribution in [1.82, 2.24) is 9.97 Å². The number of rotatable bonds is 6. The van der Waals surface area contributed by atoms with Crippen LogP contribution >= 0.6 is 11.3 Å². The van der Waals surface area contributed by atoms with Crippen LogP contribution in [0.3, 0.4) is 0 Å². The molecule has 1 unspecified atom stereocenters. The molecule has 2 aromatic rings. The van der Waals surface area contributed by atoms with Crippen LogP contribution in [-0.2, 0) is 4.74 Å². The van der Waals surface area contributed by atoms with Crippen molar-refractivity contribution in [2.75, 3.05) is 18.5 Å². The lowest BCUT2D eigenvalue weighted by Gasteiger charge is -2.23. The molecule has 0 radical (unpaired) electrons. The standard InChI is InChI=1S/C15H23N3OS/c1-6-19-7-12(9(2)3)18-14-13-10(4)11(5)20-15(13)17-8-16-14/h8-9,12H,6-7H2,1-5H3,(H,16,17,18). The van der Waals surface area contributed by atoms with Crippen LogP contribution < -0.4 is 5.32 Å². The Morgan fingerprint density at radius 2 is 2.05 bits per heavy atom. The summed E-state index contributed by atoms with van der Waals surface area (Å²) in [6.07, 6.45) is 1.64. The van der Waals surface area contributed by atoms with Gasteiger partial charge in [-0.3, -0.25) is 0 Å². The maximum atomic E-state index is 5.57. The van der Waals surface area contributed by atoms with E-state index >= 15 is 0 Å². The minimum absolute atomic E-state index is 0.257. The van der Waals surface area contributed by atoms with Gasteiger partial charge in [-0.25, -0.2) is 9.97 Å². The van der Waals surface area contributed by atoms with Crippen molar-refractivity contribution < 1.29 is 4.74 Å². The van der Waals surface area contributed by atoms with Crippen molar-refractivity contribution in [3.63, 3.8) is 0 Å². The van der Waals surface area contributed by atoms with Gasteiger partial charge < -0.3 is 10.1 Å². The van der Waals surface area contributed by atoms with E-state index < -0.39 is 0 Å². The summed E-state index contributed by atoms with van der Waals surface area (Å²) in [5, 5.41) is 4.69. The van der Waals surface area contributed by atoms with Crippen LogP contribution in [-0.4, -0.2) is 29.2 Å². The number of nitrogens with one attached hydrogen (secondary N) is 1.